The first kappa shape index (κ1) is 16.6. The van der Waals surface area contributed by atoms with E-state index in [1.807, 2.05) is 24.3 Å². The van der Waals surface area contributed by atoms with Crippen LogP contribution in [0, 0.1) is 5.92 Å². The Hall–Kier alpha value is -1.72. The molecule has 120 valence electrons. The smallest absolute Gasteiger partial charge is 0.250 e. The van der Waals surface area contributed by atoms with Gasteiger partial charge in [-0.25, -0.2) is 0 Å². The second-order valence-corrected chi connectivity index (χ2v) is 5.52. The number of hydrogen-bond acceptors (Lipinski definition) is 4. The third kappa shape index (κ3) is 3.54. The predicted octanol–water partition coefficient (Wildman–Crippen LogP) is 1.75. The molecule has 1 amide bonds. The van der Waals surface area contributed by atoms with Crippen molar-refractivity contribution in [2.45, 2.75) is 18.9 Å². The maximum atomic E-state index is 12.3. The number of amides is 1. The van der Waals surface area contributed by atoms with Crippen LogP contribution in [0.5, 0.6) is 11.5 Å². The summed E-state index contributed by atoms with van der Waals surface area (Å²) in [5, 5.41) is 3.01. The summed E-state index contributed by atoms with van der Waals surface area (Å²) in [4.78, 5) is 12.3. The molecule has 2 aliphatic rings. The van der Waals surface area contributed by atoms with Crippen molar-refractivity contribution in [2.24, 2.45) is 11.7 Å². The van der Waals surface area contributed by atoms with Crippen molar-refractivity contribution in [1.29, 1.82) is 0 Å². The van der Waals surface area contributed by atoms with Gasteiger partial charge in [-0.15, -0.1) is 12.4 Å². The lowest BCUT2D eigenvalue weighted by atomic mass is 10.1. The molecule has 3 N–H and O–H groups in total. The van der Waals surface area contributed by atoms with Gasteiger partial charge in [-0.05, 0) is 43.0 Å². The molecule has 0 radical (unpaired) electrons. The van der Waals surface area contributed by atoms with Crippen LogP contribution >= 0.6 is 12.4 Å². The van der Waals surface area contributed by atoms with Crippen LogP contribution in [-0.4, -0.2) is 32.2 Å². The molecule has 0 bridgehead atoms. The number of fused-ring (bicyclic) bond motifs is 1. The lowest BCUT2D eigenvalue weighted by Gasteiger charge is -2.21. The largest absolute Gasteiger partial charge is 0.497 e. The highest BCUT2D eigenvalue weighted by Crippen LogP contribution is 2.33. The van der Waals surface area contributed by atoms with Crippen LogP contribution in [0.2, 0.25) is 0 Å². The second-order valence-electron chi connectivity index (χ2n) is 5.52. The maximum Gasteiger partial charge on any atom is 0.250 e. The van der Waals surface area contributed by atoms with Crippen LogP contribution < -0.4 is 20.5 Å². The Balaban J connectivity index is 0.00000176. The zero-order valence-corrected chi connectivity index (χ0v) is 13.3. The second kappa shape index (κ2) is 7.03. The van der Waals surface area contributed by atoms with E-state index in [-0.39, 0.29) is 31.0 Å². The van der Waals surface area contributed by atoms with Crippen molar-refractivity contribution < 1.29 is 14.3 Å². The topological polar surface area (TPSA) is 73.6 Å². The lowest BCUT2D eigenvalue weighted by Crippen LogP contribution is -2.43. The normalized spacial score (nSPS) is 17.3. The Kier molecular flexibility index (Phi) is 5.32. The fraction of sp³-hybridized carbons (Fsp3) is 0.438. The van der Waals surface area contributed by atoms with E-state index in [0.717, 1.165) is 29.9 Å². The predicted molar refractivity (Wildman–Crippen MR) is 87.4 cm³/mol. The molecule has 0 saturated heterocycles. The summed E-state index contributed by atoms with van der Waals surface area (Å²) in [6, 6.07) is 5.63. The van der Waals surface area contributed by atoms with Crippen molar-refractivity contribution in [3.05, 3.63) is 29.3 Å². The van der Waals surface area contributed by atoms with Crippen LogP contribution in [0.15, 0.2) is 23.8 Å². The van der Waals surface area contributed by atoms with E-state index in [1.54, 1.807) is 7.11 Å². The Morgan fingerprint density at radius 1 is 1.50 bits per heavy atom. The average Bonchev–Trinajstić information content (AvgIpc) is 3.36. The minimum atomic E-state index is -0.0918. The van der Waals surface area contributed by atoms with Gasteiger partial charge in [-0.1, -0.05) is 0 Å². The number of methoxy groups -OCH3 is 1. The summed E-state index contributed by atoms with van der Waals surface area (Å²) in [5.41, 5.74) is 7.21. The molecule has 1 saturated carbocycles. The zero-order chi connectivity index (χ0) is 14.8. The summed E-state index contributed by atoms with van der Waals surface area (Å²) in [6.45, 7) is 0.766. The van der Waals surface area contributed by atoms with Gasteiger partial charge in [0.25, 0.3) is 5.91 Å². The summed E-state index contributed by atoms with van der Waals surface area (Å²) in [5.74, 6) is 1.96. The first-order chi connectivity index (χ1) is 10.2. The van der Waals surface area contributed by atoms with E-state index in [1.165, 1.54) is 0 Å². The standard InChI is InChI=1S/C16H20N2O3.ClH/c1-20-13-4-5-15-11(7-13)6-12(9-21-15)16(19)18-14(8-17)10-2-3-10;/h4-7,10,14H,2-3,8-9,17H2,1H3,(H,18,19);1H. The fourth-order valence-electron chi connectivity index (χ4n) is 2.54. The highest BCUT2D eigenvalue weighted by Gasteiger charge is 2.32. The van der Waals surface area contributed by atoms with Crippen LogP contribution in [0.3, 0.4) is 0 Å². The summed E-state index contributed by atoms with van der Waals surface area (Å²) >= 11 is 0. The molecular formula is C16H21ClN2O3. The summed E-state index contributed by atoms with van der Waals surface area (Å²) < 4.78 is 10.8. The molecule has 1 aromatic carbocycles. The molecule has 1 aliphatic heterocycles. The lowest BCUT2D eigenvalue weighted by molar-refractivity contribution is -0.118. The number of nitrogens with two attached hydrogens (primary N) is 1. The number of hydrogen-bond donors (Lipinski definition) is 2. The zero-order valence-electron chi connectivity index (χ0n) is 12.5. The molecule has 1 atom stereocenters. The van der Waals surface area contributed by atoms with E-state index in [0.29, 0.717) is 18.0 Å². The van der Waals surface area contributed by atoms with E-state index in [2.05, 4.69) is 5.32 Å². The maximum absolute atomic E-state index is 12.3. The Bertz CT molecular complexity index is 585. The van der Waals surface area contributed by atoms with E-state index in [9.17, 15) is 4.79 Å². The van der Waals surface area contributed by atoms with Gasteiger partial charge < -0.3 is 20.5 Å². The molecular weight excluding hydrogens is 304 g/mol. The number of ether oxygens (including phenoxy) is 2. The minimum Gasteiger partial charge on any atom is -0.497 e. The number of rotatable bonds is 5. The van der Waals surface area contributed by atoms with Gasteiger partial charge >= 0.3 is 0 Å². The summed E-state index contributed by atoms with van der Waals surface area (Å²) in [6.07, 6.45) is 4.16. The average molecular weight is 325 g/mol. The monoisotopic (exact) mass is 324 g/mol. The molecule has 0 aromatic heterocycles. The van der Waals surface area contributed by atoms with E-state index < -0.39 is 0 Å². The third-order valence-corrected chi connectivity index (χ3v) is 3.98. The number of carbonyl (C=O) groups excluding carboxylic acids is 1. The quantitative estimate of drug-likeness (QED) is 0.865. The molecule has 0 spiro atoms. The molecule has 1 aliphatic carbocycles. The van der Waals surface area contributed by atoms with Crippen molar-refractivity contribution in [1.82, 2.24) is 5.32 Å². The number of nitrogens with one attached hydrogen (secondary N) is 1. The molecule has 1 fully saturated rings. The third-order valence-electron chi connectivity index (χ3n) is 3.98. The van der Waals surface area contributed by atoms with Crippen molar-refractivity contribution in [3.8, 4) is 11.5 Å². The molecule has 1 aromatic rings. The van der Waals surface area contributed by atoms with Crippen LogP contribution in [0.4, 0.5) is 0 Å². The van der Waals surface area contributed by atoms with Crippen molar-refractivity contribution in [3.63, 3.8) is 0 Å². The van der Waals surface area contributed by atoms with Gasteiger partial charge in [0.1, 0.15) is 18.1 Å². The first-order valence-electron chi connectivity index (χ1n) is 7.23. The molecule has 5 nitrogen and oxygen atoms in total. The SMILES string of the molecule is COc1ccc2c(c1)C=C(C(=O)NC(CN)C1CC1)CO2.Cl. The number of benzene rings is 1. The highest BCUT2D eigenvalue weighted by atomic mass is 35.5. The van der Waals surface area contributed by atoms with Gasteiger partial charge in [0.2, 0.25) is 0 Å². The number of carbonyl (C=O) groups is 1. The van der Waals surface area contributed by atoms with E-state index in [4.69, 9.17) is 15.2 Å². The van der Waals surface area contributed by atoms with Gasteiger partial charge in [-0.3, -0.25) is 4.79 Å². The first-order valence-corrected chi connectivity index (χ1v) is 7.23. The van der Waals surface area contributed by atoms with Crippen molar-refractivity contribution in [2.75, 3.05) is 20.3 Å². The Morgan fingerprint density at radius 3 is 2.91 bits per heavy atom. The Labute approximate surface area is 136 Å². The highest BCUT2D eigenvalue weighted by molar-refractivity contribution is 5.99. The van der Waals surface area contributed by atoms with E-state index >= 15 is 0 Å². The van der Waals surface area contributed by atoms with Crippen LogP contribution in [0.25, 0.3) is 6.08 Å². The van der Waals surface area contributed by atoms with Gasteiger partial charge in [-0.2, -0.15) is 0 Å². The molecule has 3 rings (SSSR count). The molecule has 1 unspecified atom stereocenters. The number of halogens is 1. The summed E-state index contributed by atoms with van der Waals surface area (Å²) in [7, 11) is 1.62. The Morgan fingerprint density at radius 2 is 2.27 bits per heavy atom. The van der Waals surface area contributed by atoms with Gasteiger partial charge in [0.15, 0.2) is 0 Å². The van der Waals surface area contributed by atoms with Gasteiger partial charge in [0.05, 0.1) is 12.7 Å². The van der Waals surface area contributed by atoms with Gasteiger partial charge in [0, 0.05) is 18.2 Å². The van der Waals surface area contributed by atoms with Crippen LogP contribution in [0.1, 0.15) is 18.4 Å². The van der Waals surface area contributed by atoms with Crippen molar-refractivity contribution >= 4 is 24.4 Å². The molecule has 1 heterocycles. The molecule has 6 heteroatoms. The van der Waals surface area contributed by atoms with Crippen LogP contribution in [-0.2, 0) is 4.79 Å². The minimum absolute atomic E-state index is 0. The molecule has 22 heavy (non-hydrogen) atoms. The fourth-order valence-corrected chi connectivity index (χ4v) is 2.54.